The van der Waals surface area contributed by atoms with Gasteiger partial charge in [-0.25, -0.2) is 0 Å². The molecule has 0 spiro atoms. The SMILES string of the molecule is CCC(=O)c1ccc(O)c(C(=O)/C=C(\O)c2ccc(C)cc2)c1. The van der Waals surface area contributed by atoms with Crippen molar-refractivity contribution in [3.63, 3.8) is 0 Å². The largest absolute Gasteiger partial charge is 0.507 e. The summed E-state index contributed by atoms with van der Waals surface area (Å²) in [4.78, 5) is 24.0. The normalized spacial score (nSPS) is 11.3. The second-order valence-electron chi connectivity index (χ2n) is 5.27. The molecule has 0 atom stereocenters. The van der Waals surface area contributed by atoms with Crippen LogP contribution < -0.4 is 0 Å². The molecule has 0 radical (unpaired) electrons. The Kier molecular flexibility index (Phi) is 4.96. The fourth-order valence-corrected chi connectivity index (χ4v) is 2.12. The first kappa shape index (κ1) is 16.5. The predicted molar refractivity (Wildman–Crippen MR) is 88.8 cm³/mol. The molecule has 2 rings (SSSR count). The van der Waals surface area contributed by atoms with E-state index < -0.39 is 5.78 Å². The number of ketones is 2. The lowest BCUT2D eigenvalue weighted by atomic mass is 10.0. The van der Waals surface area contributed by atoms with Crippen LogP contribution in [0.2, 0.25) is 0 Å². The fourth-order valence-electron chi connectivity index (χ4n) is 2.12. The molecule has 0 saturated heterocycles. The van der Waals surface area contributed by atoms with Crippen LogP contribution in [0.25, 0.3) is 5.76 Å². The van der Waals surface area contributed by atoms with Gasteiger partial charge in [-0.05, 0) is 25.1 Å². The van der Waals surface area contributed by atoms with Gasteiger partial charge >= 0.3 is 0 Å². The summed E-state index contributed by atoms with van der Waals surface area (Å²) in [6, 6.07) is 11.2. The van der Waals surface area contributed by atoms with Crippen LogP contribution >= 0.6 is 0 Å². The van der Waals surface area contributed by atoms with Gasteiger partial charge in [0.15, 0.2) is 11.6 Å². The standard InChI is InChI=1S/C19H18O4/c1-3-16(20)14-8-9-17(21)15(10-14)19(23)11-18(22)13-6-4-12(2)5-7-13/h4-11,21-22H,3H2,1-2H3/b18-11-. The summed E-state index contributed by atoms with van der Waals surface area (Å²) in [5, 5.41) is 19.9. The first-order valence-corrected chi connectivity index (χ1v) is 7.30. The van der Waals surface area contributed by atoms with Crippen LogP contribution in [-0.2, 0) is 0 Å². The number of phenolic OH excluding ortho intramolecular Hbond substituents is 1. The number of hydrogen-bond donors (Lipinski definition) is 2. The van der Waals surface area contributed by atoms with Crippen molar-refractivity contribution in [2.75, 3.05) is 0 Å². The van der Waals surface area contributed by atoms with Crippen LogP contribution in [0, 0.1) is 6.92 Å². The average Bonchev–Trinajstić information content (AvgIpc) is 2.55. The van der Waals surface area contributed by atoms with Crippen LogP contribution in [0.4, 0.5) is 0 Å². The third kappa shape index (κ3) is 3.86. The van der Waals surface area contributed by atoms with E-state index in [4.69, 9.17) is 0 Å². The zero-order chi connectivity index (χ0) is 17.0. The maximum absolute atomic E-state index is 12.3. The van der Waals surface area contributed by atoms with Gasteiger partial charge in [0.2, 0.25) is 0 Å². The second kappa shape index (κ2) is 6.92. The lowest BCUT2D eigenvalue weighted by Gasteiger charge is -2.05. The van der Waals surface area contributed by atoms with Crippen molar-refractivity contribution in [1.82, 2.24) is 0 Å². The van der Waals surface area contributed by atoms with Crippen molar-refractivity contribution >= 4 is 17.3 Å². The predicted octanol–water partition coefficient (Wildman–Crippen LogP) is 4.08. The van der Waals surface area contributed by atoms with E-state index in [-0.39, 0.29) is 22.9 Å². The summed E-state index contributed by atoms with van der Waals surface area (Å²) in [6.07, 6.45) is 1.35. The van der Waals surface area contributed by atoms with Gasteiger partial charge in [-0.2, -0.15) is 0 Å². The number of aliphatic hydroxyl groups excluding tert-OH is 1. The minimum Gasteiger partial charge on any atom is -0.507 e. The Morgan fingerprint density at radius 3 is 2.26 bits per heavy atom. The number of hydrogen-bond acceptors (Lipinski definition) is 4. The highest BCUT2D eigenvalue weighted by molar-refractivity contribution is 6.10. The molecule has 0 heterocycles. The van der Waals surface area contributed by atoms with Crippen LogP contribution in [0.3, 0.4) is 0 Å². The number of carbonyl (C=O) groups excluding carboxylic acids is 2. The summed E-state index contributed by atoms with van der Waals surface area (Å²) >= 11 is 0. The maximum atomic E-state index is 12.3. The molecule has 2 aromatic carbocycles. The quantitative estimate of drug-likeness (QED) is 0.496. The Morgan fingerprint density at radius 2 is 1.65 bits per heavy atom. The third-order valence-corrected chi connectivity index (χ3v) is 3.52. The molecule has 4 heteroatoms. The summed E-state index contributed by atoms with van der Waals surface area (Å²) < 4.78 is 0. The van der Waals surface area contributed by atoms with Gasteiger partial charge in [0.25, 0.3) is 0 Å². The monoisotopic (exact) mass is 310 g/mol. The lowest BCUT2D eigenvalue weighted by molar-refractivity contribution is 0.0988. The number of benzene rings is 2. The molecule has 118 valence electrons. The molecule has 2 aromatic rings. The molecule has 0 fully saturated rings. The van der Waals surface area contributed by atoms with E-state index in [0.29, 0.717) is 17.5 Å². The van der Waals surface area contributed by atoms with E-state index in [1.807, 2.05) is 19.1 Å². The van der Waals surface area contributed by atoms with E-state index >= 15 is 0 Å². The van der Waals surface area contributed by atoms with Crippen LogP contribution in [0.5, 0.6) is 5.75 Å². The van der Waals surface area contributed by atoms with Gasteiger partial charge in [0, 0.05) is 23.6 Å². The highest BCUT2D eigenvalue weighted by Gasteiger charge is 2.14. The number of phenols is 1. The van der Waals surface area contributed by atoms with Crippen molar-refractivity contribution in [1.29, 1.82) is 0 Å². The third-order valence-electron chi connectivity index (χ3n) is 3.52. The molecule has 0 bridgehead atoms. The Labute approximate surface area is 134 Å². The number of rotatable bonds is 5. The van der Waals surface area contributed by atoms with Crippen molar-refractivity contribution in [3.05, 3.63) is 70.8 Å². The molecule has 0 saturated carbocycles. The number of aromatic hydroxyl groups is 1. The van der Waals surface area contributed by atoms with Gasteiger partial charge < -0.3 is 10.2 Å². The molecule has 0 aliphatic carbocycles. The minimum absolute atomic E-state index is 0.0111. The zero-order valence-electron chi connectivity index (χ0n) is 13.0. The molecule has 2 N–H and O–H groups in total. The summed E-state index contributed by atoms with van der Waals surface area (Å²) in [7, 11) is 0. The fraction of sp³-hybridized carbons (Fsp3) is 0.158. The van der Waals surface area contributed by atoms with Crippen molar-refractivity contribution in [2.45, 2.75) is 20.3 Å². The molecule has 23 heavy (non-hydrogen) atoms. The minimum atomic E-state index is -0.564. The summed E-state index contributed by atoms with van der Waals surface area (Å²) in [5.41, 5.74) is 1.89. The Hall–Kier alpha value is -2.88. The topological polar surface area (TPSA) is 74.6 Å². The maximum Gasteiger partial charge on any atom is 0.193 e. The van der Waals surface area contributed by atoms with Crippen molar-refractivity contribution < 1.29 is 19.8 Å². The molecule has 0 aliphatic rings. The first-order valence-electron chi connectivity index (χ1n) is 7.30. The number of aliphatic hydroxyl groups is 1. The zero-order valence-corrected chi connectivity index (χ0v) is 13.0. The molecule has 0 amide bonds. The molecule has 0 aromatic heterocycles. The summed E-state index contributed by atoms with van der Waals surface area (Å²) in [6.45, 7) is 3.64. The van der Waals surface area contributed by atoms with Crippen LogP contribution in [-0.4, -0.2) is 21.8 Å². The van der Waals surface area contributed by atoms with E-state index in [9.17, 15) is 19.8 Å². The van der Waals surface area contributed by atoms with Gasteiger partial charge in [-0.1, -0.05) is 36.8 Å². The Bertz CT molecular complexity index is 770. The van der Waals surface area contributed by atoms with Gasteiger partial charge in [0.05, 0.1) is 5.56 Å². The Morgan fingerprint density at radius 1 is 1.04 bits per heavy atom. The number of aryl methyl sites for hydroxylation is 1. The molecular weight excluding hydrogens is 292 g/mol. The highest BCUT2D eigenvalue weighted by atomic mass is 16.3. The molecule has 4 nitrogen and oxygen atoms in total. The van der Waals surface area contributed by atoms with Crippen LogP contribution in [0.1, 0.15) is 45.2 Å². The van der Waals surface area contributed by atoms with E-state index in [1.165, 1.54) is 18.2 Å². The van der Waals surface area contributed by atoms with E-state index in [0.717, 1.165) is 11.6 Å². The molecule has 0 aliphatic heterocycles. The number of carbonyl (C=O) groups is 2. The molecular formula is C19H18O4. The second-order valence-corrected chi connectivity index (χ2v) is 5.27. The lowest BCUT2D eigenvalue weighted by Crippen LogP contribution is -2.02. The number of Topliss-reactive ketones (excluding diaryl/α,β-unsaturated/α-hetero) is 1. The van der Waals surface area contributed by atoms with Gasteiger partial charge in [-0.15, -0.1) is 0 Å². The average molecular weight is 310 g/mol. The van der Waals surface area contributed by atoms with Crippen LogP contribution in [0.15, 0.2) is 48.5 Å². The van der Waals surface area contributed by atoms with Crippen molar-refractivity contribution in [3.8, 4) is 5.75 Å². The van der Waals surface area contributed by atoms with Crippen molar-refractivity contribution in [2.24, 2.45) is 0 Å². The summed E-state index contributed by atoms with van der Waals surface area (Å²) in [5.74, 6) is -1.10. The molecule has 0 unspecified atom stereocenters. The van der Waals surface area contributed by atoms with E-state index in [1.54, 1.807) is 19.1 Å². The van der Waals surface area contributed by atoms with Gasteiger partial charge in [-0.3, -0.25) is 9.59 Å². The first-order chi connectivity index (χ1) is 10.9. The smallest absolute Gasteiger partial charge is 0.193 e. The van der Waals surface area contributed by atoms with E-state index in [2.05, 4.69) is 0 Å². The highest BCUT2D eigenvalue weighted by Crippen LogP contribution is 2.22. The van der Waals surface area contributed by atoms with Gasteiger partial charge in [0.1, 0.15) is 11.5 Å². The number of allylic oxidation sites excluding steroid dienone is 1. The Balaban J connectivity index is 2.34.